The number of carbonyl (C=O) groups is 2. The molecule has 0 aliphatic carbocycles. The van der Waals surface area contributed by atoms with Crippen LogP contribution in [0.25, 0.3) is 0 Å². The Labute approximate surface area is 151 Å². The van der Waals surface area contributed by atoms with Crippen LogP contribution >= 0.6 is 11.3 Å². The van der Waals surface area contributed by atoms with Crippen molar-refractivity contribution in [2.45, 2.75) is 46.3 Å². The van der Waals surface area contributed by atoms with Crippen LogP contribution in [0.15, 0.2) is 30.5 Å². The maximum atomic E-state index is 12.0. The fourth-order valence-corrected chi connectivity index (χ4v) is 2.78. The van der Waals surface area contributed by atoms with Crippen LogP contribution in [0.2, 0.25) is 0 Å². The second-order valence-electron chi connectivity index (χ2n) is 6.62. The van der Waals surface area contributed by atoms with E-state index >= 15 is 0 Å². The average molecular weight is 361 g/mol. The molecule has 134 valence electrons. The molecule has 0 spiro atoms. The van der Waals surface area contributed by atoms with Gasteiger partial charge in [0.1, 0.15) is 5.60 Å². The van der Waals surface area contributed by atoms with E-state index < -0.39 is 11.7 Å². The van der Waals surface area contributed by atoms with Crippen molar-refractivity contribution in [1.29, 1.82) is 0 Å². The molecule has 0 bridgehead atoms. The Kier molecular flexibility index (Phi) is 6.14. The Balaban J connectivity index is 1.81. The van der Waals surface area contributed by atoms with E-state index in [0.29, 0.717) is 12.2 Å². The van der Waals surface area contributed by atoms with Crippen LogP contribution in [0.3, 0.4) is 0 Å². The summed E-state index contributed by atoms with van der Waals surface area (Å²) in [5.74, 6) is -0.0566. The number of nitrogens with one attached hydrogen (secondary N) is 2. The molecular formula is C18H23N3O3S. The minimum Gasteiger partial charge on any atom is -0.444 e. The summed E-state index contributed by atoms with van der Waals surface area (Å²) in [5.41, 5.74) is 0.949. The third-order valence-electron chi connectivity index (χ3n) is 3.09. The molecular weight excluding hydrogens is 338 g/mol. The van der Waals surface area contributed by atoms with E-state index in [0.717, 1.165) is 15.4 Å². The lowest BCUT2D eigenvalue weighted by Crippen LogP contribution is -2.27. The number of aromatic nitrogens is 1. The highest BCUT2D eigenvalue weighted by Crippen LogP contribution is 2.14. The summed E-state index contributed by atoms with van der Waals surface area (Å²) in [6, 6.07) is 7.12. The minimum absolute atomic E-state index is 0.0566. The highest BCUT2D eigenvalue weighted by atomic mass is 32.1. The maximum absolute atomic E-state index is 12.0. The van der Waals surface area contributed by atoms with E-state index in [9.17, 15) is 9.59 Å². The predicted octanol–water partition coefficient (Wildman–Crippen LogP) is 3.66. The SMILES string of the molecule is Cc1ncc(CNC(=O)Cc2ccc(NC(=O)OC(C)(C)C)cc2)s1. The lowest BCUT2D eigenvalue weighted by Gasteiger charge is -2.19. The average Bonchev–Trinajstić information content (AvgIpc) is 2.91. The highest BCUT2D eigenvalue weighted by molar-refractivity contribution is 7.11. The monoisotopic (exact) mass is 361 g/mol. The van der Waals surface area contributed by atoms with E-state index in [1.54, 1.807) is 29.7 Å². The number of hydrogen-bond donors (Lipinski definition) is 2. The van der Waals surface area contributed by atoms with Gasteiger partial charge in [0.25, 0.3) is 0 Å². The summed E-state index contributed by atoms with van der Waals surface area (Å²) in [5, 5.41) is 6.52. The zero-order valence-electron chi connectivity index (χ0n) is 14.9. The predicted molar refractivity (Wildman–Crippen MR) is 98.7 cm³/mol. The molecule has 25 heavy (non-hydrogen) atoms. The second kappa shape index (κ2) is 8.11. The van der Waals surface area contributed by atoms with E-state index in [1.807, 2.05) is 39.8 Å². The van der Waals surface area contributed by atoms with E-state index in [1.165, 1.54) is 0 Å². The summed E-state index contributed by atoms with van der Waals surface area (Å²) >= 11 is 1.57. The molecule has 1 aromatic carbocycles. The first-order valence-corrected chi connectivity index (χ1v) is 8.80. The van der Waals surface area contributed by atoms with Crippen LogP contribution in [0, 0.1) is 6.92 Å². The number of rotatable bonds is 5. The third-order valence-corrected chi connectivity index (χ3v) is 4.01. The normalized spacial score (nSPS) is 11.0. The number of thiazole rings is 1. The molecule has 1 aromatic heterocycles. The van der Waals surface area contributed by atoms with Crippen molar-refractivity contribution in [3.63, 3.8) is 0 Å². The summed E-state index contributed by atoms with van der Waals surface area (Å²) < 4.78 is 5.19. The Morgan fingerprint density at radius 3 is 2.44 bits per heavy atom. The second-order valence-corrected chi connectivity index (χ2v) is 7.94. The smallest absolute Gasteiger partial charge is 0.412 e. The first-order chi connectivity index (χ1) is 11.7. The highest BCUT2D eigenvalue weighted by Gasteiger charge is 2.16. The molecule has 0 saturated heterocycles. The Bertz CT molecular complexity index is 733. The molecule has 6 nitrogen and oxygen atoms in total. The number of ether oxygens (including phenoxy) is 1. The van der Waals surface area contributed by atoms with Gasteiger partial charge in [0, 0.05) is 16.8 Å². The van der Waals surface area contributed by atoms with Crippen molar-refractivity contribution in [3.05, 3.63) is 45.9 Å². The molecule has 0 unspecified atom stereocenters. The largest absolute Gasteiger partial charge is 0.444 e. The van der Waals surface area contributed by atoms with Gasteiger partial charge in [-0.15, -0.1) is 11.3 Å². The number of amides is 2. The van der Waals surface area contributed by atoms with Crippen LogP contribution in [0.1, 0.15) is 36.2 Å². The van der Waals surface area contributed by atoms with Crippen molar-refractivity contribution in [2.75, 3.05) is 5.32 Å². The van der Waals surface area contributed by atoms with Crippen molar-refractivity contribution in [2.24, 2.45) is 0 Å². The maximum Gasteiger partial charge on any atom is 0.412 e. The van der Waals surface area contributed by atoms with Gasteiger partial charge in [-0.1, -0.05) is 12.1 Å². The van der Waals surface area contributed by atoms with Crippen LogP contribution in [0.4, 0.5) is 10.5 Å². The number of nitrogens with zero attached hydrogens (tertiary/aromatic N) is 1. The topological polar surface area (TPSA) is 80.3 Å². The van der Waals surface area contributed by atoms with Crippen LogP contribution in [-0.4, -0.2) is 22.6 Å². The van der Waals surface area contributed by atoms with Crippen LogP contribution in [0.5, 0.6) is 0 Å². The van der Waals surface area contributed by atoms with Crippen LogP contribution < -0.4 is 10.6 Å². The van der Waals surface area contributed by atoms with E-state index in [-0.39, 0.29) is 12.3 Å². The van der Waals surface area contributed by atoms with Crippen molar-refractivity contribution >= 4 is 29.0 Å². The standard InChI is InChI=1S/C18H23N3O3S/c1-12-19-10-15(25-12)11-20-16(22)9-13-5-7-14(8-6-13)21-17(23)24-18(2,3)4/h5-8,10H,9,11H2,1-4H3,(H,20,22)(H,21,23). The molecule has 2 aromatic rings. The molecule has 0 fully saturated rings. The van der Waals surface area contributed by atoms with Crippen molar-refractivity contribution in [1.82, 2.24) is 10.3 Å². The fourth-order valence-electron chi connectivity index (χ4n) is 2.05. The third kappa shape index (κ3) is 6.93. The lowest BCUT2D eigenvalue weighted by atomic mass is 10.1. The molecule has 2 rings (SSSR count). The summed E-state index contributed by atoms with van der Waals surface area (Å²) in [6.45, 7) is 7.84. The van der Waals surface area contributed by atoms with Crippen LogP contribution in [-0.2, 0) is 22.5 Å². The van der Waals surface area contributed by atoms with Gasteiger partial charge in [-0.3, -0.25) is 10.1 Å². The molecule has 0 saturated carbocycles. The Morgan fingerprint density at radius 1 is 1.20 bits per heavy atom. The van der Waals surface area contributed by atoms with Gasteiger partial charge in [-0.05, 0) is 45.4 Å². The van der Waals surface area contributed by atoms with Crippen molar-refractivity contribution < 1.29 is 14.3 Å². The zero-order valence-corrected chi connectivity index (χ0v) is 15.7. The van der Waals surface area contributed by atoms with Gasteiger partial charge in [-0.2, -0.15) is 0 Å². The first-order valence-electron chi connectivity index (χ1n) is 7.98. The van der Waals surface area contributed by atoms with Gasteiger partial charge in [-0.25, -0.2) is 9.78 Å². The molecule has 1 heterocycles. The van der Waals surface area contributed by atoms with Gasteiger partial charge in [0.2, 0.25) is 5.91 Å². The number of hydrogen-bond acceptors (Lipinski definition) is 5. The number of aryl methyl sites for hydroxylation is 1. The van der Waals surface area contributed by atoms with Gasteiger partial charge in [0.05, 0.1) is 18.0 Å². The minimum atomic E-state index is -0.543. The number of benzene rings is 1. The molecule has 0 atom stereocenters. The fraction of sp³-hybridized carbons (Fsp3) is 0.389. The van der Waals surface area contributed by atoms with Gasteiger partial charge in [0.15, 0.2) is 0 Å². The van der Waals surface area contributed by atoms with E-state index in [4.69, 9.17) is 4.74 Å². The summed E-state index contributed by atoms with van der Waals surface area (Å²) in [4.78, 5) is 28.9. The summed E-state index contributed by atoms with van der Waals surface area (Å²) in [7, 11) is 0. The molecule has 0 aliphatic rings. The zero-order chi connectivity index (χ0) is 18.4. The first kappa shape index (κ1) is 18.9. The lowest BCUT2D eigenvalue weighted by molar-refractivity contribution is -0.120. The Hall–Kier alpha value is -2.41. The molecule has 0 radical (unpaired) electrons. The quantitative estimate of drug-likeness (QED) is 0.852. The molecule has 7 heteroatoms. The van der Waals surface area contributed by atoms with E-state index in [2.05, 4.69) is 15.6 Å². The molecule has 2 N–H and O–H groups in total. The van der Waals surface area contributed by atoms with Crippen molar-refractivity contribution in [3.8, 4) is 0 Å². The van der Waals surface area contributed by atoms with Gasteiger partial charge >= 0.3 is 6.09 Å². The summed E-state index contributed by atoms with van der Waals surface area (Å²) in [6.07, 6.45) is 1.56. The molecule has 2 amide bonds. The number of anilines is 1. The number of carbonyl (C=O) groups excluding carboxylic acids is 2. The van der Waals surface area contributed by atoms with Gasteiger partial charge < -0.3 is 10.1 Å². The Morgan fingerprint density at radius 2 is 1.88 bits per heavy atom. The molecule has 0 aliphatic heterocycles.